The van der Waals surface area contributed by atoms with Crippen LogP contribution in [-0.4, -0.2) is 89.1 Å². The number of carbonyl (C=O) groups is 5. The number of benzene rings is 3. The Morgan fingerprint density at radius 1 is 0.965 bits per heavy atom. The fourth-order valence-corrected chi connectivity index (χ4v) is 6.21. The number of alkyl halides is 3. The Labute approximate surface area is 330 Å². The molecule has 1 atom stereocenters. The maximum Gasteiger partial charge on any atom is 0.490 e. The average molecular weight is 810 g/mol. The molecule has 14 nitrogen and oxygen atoms in total. The fraction of sp³-hybridized carbons (Fsp3) is 0.333. The molecule has 1 aliphatic carbocycles. The molecular weight excluding hydrogens is 768 g/mol. The summed E-state index contributed by atoms with van der Waals surface area (Å²) in [5.41, 5.74) is 12.5. The Kier molecular flexibility index (Phi) is 14.7. The third-order valence-electron chi connectivity index (χ3n) is 8.75. The molecule has 7 N–H and O–H groups in total. The van der Waals surface area contributed by atoms with Gasteiger partial charge in [-0.1, -0.05) is 12.1 Å². The van der Waals surface area contributed by atoms with Crippen LogP contribution in [0.3, 0.4) is 0 Å². The van der Waals surface area contributed by atoms with Gasteiger partial charge in [-0.3, -0.25) is 19.2 Å². The molecule has 2 heterocycles. The van der Waals surface area contributed by atoms with Gasteiger partial charge in [0.1, 0.15) is 5.75 Å². The predicted octanol–water partition coefficient (Wildman–Crippen LogP) is 4.83. The van der Waals surface area contributed by atoms with E-state index < -0.39 is 12.1 Å². The molecule has 0 radical (unpaired) electrons. The van der Waals surface area contributed by atoms with Crippen molar-refractivity contribution < 1.29 is 47.0 Å². The van der Waals surface area contributed by atoms with E-state index in [0.29, 0.717) is 46.9 Å². The molecule has 1 saturated carbocycles. The molecule has 0 spiro atoms. The normalized spacial score (nSPS) is 13.8. The van der Waals surface area contributed by atoms with Gasteiger partial charge in [-0.05, 0) is 92.4 Å². The molecule has 1 fully saturated rings. The van der Waals surface area contributed by atoms with Crippen molar-refractivity contribution in [2.75, 3.05) is 36.9 Å². The molecule has 18 heteroatoms. The van der Waals surface area contributed by atoms with Crippen LogP contribution in [0.15, 0.2) is 77.6 Å². The van der Waals surface area contributed by atoms with Crippen LogP contribution in [-0.2, 0) is 22.6 Å². The first-order valence-corrected chi connectivity index (χ1v) is 19.0. The van der Waals surface area contributed by atoms with Gasteiger partial charge in [-0.25, -0.2) is 9.78 Å². The molecule has 1 aromatic heterocycles. The number of carbonyl (C=O) groups excluding carboxylic acids is 4. The number of carboxylic acids is 1. The summed E-state index contributed by atoms with van der Waals surface area (Å²) >= 11 is 1.57. The first kappa shape index (κ1) is 42.3. The second kappa shape index (κ2) is 19.8. The Morgan fingerprint density at radius 3 is 2.26 bits per heavy atom. The highest BCUT2D eigenvalue weighted by molar-refractivity contribution is 7.07. The van der Waals surface area contributed by atoms with Crippen molar-refractivity contribution in [3.8, 4) is 5.75 Å². The zero-order valence-corrected chi connectivity index (χ0v) is 31.5. The van der Waals surface area contributed by atoms with E-state index in [0.717, 1.165) is 56.5 Å². The lowest BCUT2D eigenvalue weighted by atomic mass is 10.1. The minimum absolute atomic E-state index is 0.0227. The topological polar surface area (TPSA) is 205 Å². The molecule has 0 unspecified atom stereocenters. The molecule has 3 aromatic carbocycles. The molecule has 1 aliphatic heterocycles. The number of carboxylic acid groups (broad SMARTS) is 1. The summed E-state index contributed by atoms with van der Waals surface area (Å²) in [6.07, 6.45) is -0.693. The fourth-order valence-electron chi connectivity index (χ4n) is 5.64. The lowest BCUT2D eigenvalue weighted by molar-refractivity contribution is -0.192. The monoisotopic (exact) mass is 809 g/mol. The standard InChI is InChI=1S/C37H41N7O5S.C2HF3O2/c38-28(18-30-22-50-23-41-30)19-39-15-1-2-16-40-35(46)25-7-10-29(11-8-25)42-36(47)26-5-3-24(4-6-26)20-44(31-12-13-31)37(48)27-9-14-32-33(17-27)49-21-34(45)43-32;3-2(4,5)1(6)7/h3-11,14,17,22-23,28,31,39H,1-2,12-13,15-16,18-21,38H2,(H,40,46)(H,42,47)(H,43,45);(H,6,7)/t28-;/m0./s1. The number of hydrogen-bond donors (Lipinski definition) is 6. The second-order valence-electron chi connectivity index (χ2n) is 13.4. The Morgan fingerprint density at radius 2 is 1.61 bits per heavy atom. The average Bonchev–Trinajstić information content (AvgIpc) is 3.91. The van der Waals surface area contributed by atoms with E-state index in [4.69, 9.17) is 20.4 Å². The highest BCUT2D eigenvalue weighted by Crippen LogP contribution is 2.33. The van der Waals surface area contributed by atoms with Gasteiger partial charge in [0.05, 0.1) is 16.9 Å². The predicted molar refractivity (Wildman–Crippen MR) is 206 cm³/mol. The van der Waals surface area contributed by atoms with Crippen molar-refractivity contribution in [2.24, 2.45) is 5.73 Å². The third-order valence-corrected chi connectivity index (χ3v) is 9.39. The Balaban J connectivity index is 0.000000811. The SMILES string of the molecule is N[C@H](CNCCCCNC(=O)c1ccc(NC(=O)c2ccc(CN(C(=O)c3ccc4c(c3)OCC(=O)N4)C3CC3)cc2)cc1)Cc1cscn1.O=C(O)C(F)(F)F. The number of aromatic nitrogens is 1. The largest absolute Gasteiger partial charge is 0.490 e. The summed E-state index contributed by atoms with van der Waals surface area (Å²) in [6.45, 7) is 2.44. The van der Waals surface area contributed by atoms with Crippen LogP contribution in [0.1, 0.15) is 68.0 Å². The Bertz CT molecular complexity index is 2010. The van der Waals surface area contributed by atoms with E-state index >= 15 is 0 Å². The number of amides is 4. The van der Waals surface area contributed by atoms with Gasteiger partial charge >= 0.3 is 12.1 Å². The van der Waals surface area contributed by atoms with Gasteiger partial charge in [0.2, 0.25) is 0 Å². The van der Waals surface area contributed by atoms with E-state index in [1.165, 1.54) is 0 Å². The molecule has 4 amide bonds. The van der Waals surface area contributed by atoms with Gasteiger partial charge in [0.15, 0.2) is 6.61 Å². The molecule has 6 rings (SSSR count). The van der Waals surface area contributed by atoms with E-state index in [-0.39, 0.29) is 42.3 Å². The van der Waals surface area contributed by atoms with Gasteiger partial charge in [0, 0.05) is 65.9 Å². The van der Waals surface area contributed by atoms with E-state index in [9.17, 15) is 32.3 Å². The van der Waals surface area contributed by atoms with Gasteiger partial charge in [-0.15, -0.1) is 11.3 Å². The van der Waals surface area contributed by atoms with Crippen molar-refractivity contribution >= 4 is 52.3 Å². The molecule has 302 valence electrons. The second-order valence-corrected chi connectivity index (χ2v) is 14.1. The summed E-state index contributed by atoms with van der Waals surface area (Å²) in [4.78, 5) is 65.6. The van der Waals surface area contributed by atoms with Gasteiger partial charge < -0.3 is 41.7 Å². The smallest absolute Gasteiger partial charge is 0.482 e. The van der Waals surface area contributed by atoms with E-state index in [1.54, 1.807) is 65.9 Å². The van der Waals surface area contributed by atoms with Crippen molar-refractivity contribution in [1.82, 2.24) is 20.5 Å². The third kappa shape index (κ3) is 13.1. The minimum Gasteiger partial charge on any atom is -0.482 e. The number of unbranched alkanes of at least 4 members (excludes halogenated alkanes) is 1. The number of aliphatic carboxylic acids is 1. The maximum atomic E-state index is 13.5. The van der Waals surface area contributed by atoms with Gasteiger partial charge in [0.25, 0.3) is 23.6 Å². The summed E-state index contributed by atoms with van der Waals surface area (Å²) in [5, 5.41) is 21.1. The molecule has 0 saturated heterocycles. The molecule has 4 aromatic rings. The number of thiazole rings is 1. The van der Waals surface area contributed by atoms with Crippen molar-refractivity contribution in [3.05, 3.63) is 106 Å². The number of nitrogens with two attached hydrogens (primary N) is 1. The van der Waals surface area contributed by atoms with Crippen LogP contribution >= 0.6 is 11.3 Å². The van der Waals surface area contributed by atoms with Crippen molar-refractivity contribution in [3.63, 3.8) is 0 Å². The summed E-state index contributed by atoms with van der Waals surface area (Å²) in [5.74, 6) is -3.05. The first-order chi connectivity index (χ1) is 27.3. The summed E-state index contributed by atoms with van der Waals surface area (Å²) in [6, 6.07) is 19.2. The lowest BCUT2D eigenvalue weighted by Gasteiger charge is -2.24. The number of rotatable bonds is 16. The molecule has 2 aliphatic rings. The summed E-state index contributed by atoms with van der Waals surface area (Å²) in [7, 11) is 0. The minimum atomic E-state index is -5.08. The quantitative estimate of drug-likeness (QED) is 0.0851. The van der Waals surface area contributed by atoms with Crippen LogP contribution in [0.25, 0.3) is 0 Å². The zero-order chi connectivity index (χ0) is 41.0. The van der Waals surface area contributed by atoms with Crippen molar-refractivity contribution in [2.45, 2.75) is 56.9 Å². The van der Waals surface area contributed by atoms with E-state index in [1.807, 2.05) is 27.9 Å². The lowest BCUT2D eigenvalue weighted by Crippen LogP contribution is -2.36. The number of fused-ring (bicyclic) bond motifs is 1. The van der Waals surface area contributed by atoms with E-state index in [2.05, 4.69) is 26.3 Å². The van der Waals surface area contributed by atoms with Crippen LogP contribution in [0.5, 0.6) is 5.75 Å². The van der Waals surface area contributed by atoms with Gasteiger partial charge in [-0.2, -0.15) is 13.2 Å². The highest BCUT2D eigenvalue weighted by atomic mass is 32.1. The van der Waals surface area contributed by atoms with Crippen LogP contribution < -0.4 is 31.7 Å². The zero-order valence-electron chi connectivity index (χ0n) is 30.6. The first-order valence-electron chi connectivity index (χ1n) is 18.1. The van der Waals surface area contributed by atoms with Crippen LogP contribution in [0.2, 0.25) is 0 Å². The number of nitrogens with one attached hydrogen (secondary N) is 4. The molecule has 57 heavy (non-hydrogen) atoms. The summed E-state index contributed by atoms with van der Waals surface area (Å²) < 4.78 is 37.2. The van der Waals surface area contributed by atoms with Crippen molar-refractivity contribution in [1.29, 1.82) is 0 Å². The number of halogens is 3. The highest BCUT2D eigenvalue weighted by Gasteiger charge is 2.38. The Hall–Kier alpha value is -5.85. The number of ether oxygens (including phenoxy) is 1. The number of anilines is 2. The van der Waals surface area contributed by atoms with Crippen LogP contribution in [0, 0.1) is 0 Å². The molecule has 0 bridgehead atoms. The number of nitrogens with zero attached hydrogens (tertiary/aromatic N) is 2. The molecular formula is C39H42F3N7O7S. The van der Waals surface area contributed by atoms with Crippen LogP contribution in [0.4, 0.5) is 24.5 Å². The number of hydrogen-bond acceptors (Lipinski definition) is 10. The maximum absolute atomic E-state index is 13.5.